The molecule has 1 unspecified atom stereocenters. The van der Waals surface area contributed by atoms with Gasteiger partial charge in [-0.1, -0.05) is 19.9 Å². The van der Waals surface area contributed by atoms with E-state index in [4.69, 9.17) is 0 Å². The van der Waals surface area contributed by atoms with Crippen molar-refractivity contribution in [2.24, 2.45) is 5.41 Å². The highest BCUT2D eigenvalue weighted by atomic mass is 16.3. The summed E-state index contributed by atoms with van der Waals surface area (Å²) in [6, 6.07) is 3.62. The van der Waals surface area contributed by atoms with E-state index in [9.17, 15) is 9.90 Å². The summed E-state index contributed by atoms with van der Waals surface area (Å²) in [5.41, 5.74) is 1.79. The van der Waals surface area contributed by atoms with Crippen LogP contribution in [0.25, 0.3) is 0 Å². The van der Waals surface area contributed by atoms with Gasteiger partial charge in [0.15, 0.2) is 0 Å². The molecule has 0 spiro atoms. The molecule has 112 valence electrons. The maximum absolute atomic E-state index is 11.7. The van der Waals surface area contributed by atoms with Crippen LogP contribution in [0.15, 0.2) is 18.3 Å². The van der Waals surface area contributed by atoms with Gasteiger partial charge in [0.25, 0.3) is 0 Å². The van der Waals surface area contributed by atoms with Crippen LogP contribution in [0.4, 0.5) is 4.79 Å². The van der Waals surface area contributed by atoms with Gasteiger partial charge in [-0.2, -0.15) is 0 Å². The van der Waals surface area contributed by atoms with Crippen molar-refractivity contribution in [3.05, 3.63) is 29.6 Å². The first-order chi connectivity index (χ1) is 9.30. The van der Waals surface area contributed by atoms with Crippen LogP contribution in [0.3, 0.4) is 0 Å². The number of carbonyl (C=O) groups excluding carboxylic acids is 1. The van der Waals surface area contributed by atoms with Crippen LogP contribution in [0.5, 0.6) is 0 Å². The number of aromatic nitrogens is 1. The number of urea groups is 1. The molecule has 2 amide bonds. The third-order valence-electron chi connectivity index (χ3n) is 3.11. The van der Waals surface area contributed by atoms with E-state index in [0.717, 1.165) is 11.3 Å². The Labute approximate surface area is 120 Å². The van der Waals surface area contributed by atoms with Gasteiger partial charge in [0, 0.05) is 12.7 Å². The average Bonchev–Trinajstić information content (AvgIpc) is 2.34. The van der Waals surface area contributed by atoms with E-state index in [1.165, 1.54) is 0 Å². The Hall–Kier alpha value is -1.62. The molecule has 5 heteroatoms. The Balaban J connectivity index is 2.36. The number of amides is 2. The lowest BCUT2D eigenvalue weighted by Crippen LogP contribution is -2.41. The largest absolute Gasteiger partial charge is 0.393 e. The molecule has 1 rings (SSSR count). The topological polar surface area (TPSA) is 74.2 Å². The number of aryl methyl sites for hydroxylation is 1. The second-order valence-corrected chi connectivity index (χ2v) is 6.02. The van der Waals surface area contributed by atoms with Gasteiger partial charge in [-0.3, -0.25) is 4.98 Å². The molecule has 20 heavy (non-hydrogen) atoms. The van der Waals surface area contributed by atoms with Gasteiger partial charge < -0.3 is 15.7 Å². The lowest BCUT2D eigenvalue weighted by atomic mass is 9.87. The maximum atomic E-state index is 11.7. The number of rotatable bonds is 6. The molecule has 1 atom stereocenters. The fraction of sp³-hybridized carbons (Fsp3) is 0.600. The molecule has 0 aliphatic rings. The number of pyridine rings is 1. The summed E-state index contributed by atoms with van der Waals surface area (Å²) in [6.07, 6.45) is 1.99. The quantitative estimate of drug-likeness (QED) is 0.745. The van der Waals surface area contributed by atoms with Gasteiger partial charge in [0.2, 0.25) is 0 Å². The molecule has 0 saturated carbocycles. The second kappa shape index (κ2) is 7.24. The Morgan fingerprint density at radius 3 is 2.75 bits per heavy atom. The Morgan fingerprint density at radius 2 is 2.15 bits per heavy atom. The van der Waals surface area contributed by atoms with E-state index in [2.05, 4.69) is 15.6 Å². The first-order valence-corrected chi connectivity index (χ1v) is 6.90. The van der Waals surface area contributed by atoms with Crippen LogP contribution in [0.2, 0.25) is 0 Å². The van der Waals surface area contributed by atoms with Crippen molar-refractivity contribution in [3.8, 4) is 0 Å². The summed E-state index contributed by atoms with van der Waals surface area (Å²) >= 11 is 0. The number of hydrogen-bond acceptors (Lipinski definition) is 3. The number of nitrogens with one attached hydrogen (secondary N) is 2. The zero-order valence-corrected chi connectivity index (χ0v) is 12.7. The van der Waals surface area contributed by atoms with Crippen molar-refractivity contribution in [1.82, 2.24) is 15.6 Å². The molecule has 0 bridgehead atoms. The third kappa shape index (κ3) is 6.02. The summed E-state index contributed by atoms with van der Waals surface area (Å²) in [6.45, 7) is 8.69. The molecule has 0 aliphatic carbocycles. The van der Waals surface area contributed by atoms with E-state index in [1.807, 2.05) is 32.9 Å². The number of hydrogen-bond donors (Lipinski definition) is 3. The monoisotopic (exact) mass is 279 g/mol. The van der Waals surface area contributed by atoms with Gasteiger partial charge in [-0.05, 0) is 37.3 Å². The van der Waals surface area contributed by atoms with E-state index in [0.29, 0.717) is 19.5 Å². The van der Waals surface area contributed by atoms with Crippen molar-refractivity contribution in [1.29, 1.82) is 0 Å². The first kappa shape index (κ1) is 16.4. The molecule has 0 aliphatic heterocycles. The van der Waals surface area contributed by atoms with Crippen molar-refractivity contribution in [2.75, 3.05) is 6.54 Å². The normalized spacial score (nSPS) is 12.8. The zero-order chi connectivity index (χ0) is 15.2. The predicted octanol–water partition coefficient (Wildman–Crippen LogP) is 1.99. The van der Waals surface area contributed by atoms with E-state index in [-0.39, 0.29) is 17.6 Å². The number of nitrogens with zero attached hydrogens (tertiary/aromatic N) is 1. The smallest absolute Gasteiger partial charge is 0.315 e. The highest BCUT2D eigenvalue weighted by Crippen LogP contribution is 2.20. The fourth-order valence-corrected chi connectivity index (χ4v) is 2.12. The number of aliphatic hydroxyl groups excluding tert-OH is 1. The molecule has 5 nitrogen and oxygen atoms in total. The van der Waals surface area contributed by atoms with Crippen molar-refractivity contribution >= 4 is 6.03 Å². The van der Waals surface area contributed by atoms with Gasteiger partial charge in [-0.15, -0.1) is 0 Å². The minimum absolute atomic E-state index is 0.133. The van der Waals surface area contributed by atoms with Crippen LogP contribution in [0, 0.1) is 12.3 Å². The lowest BCUT2D eigenvalue weighted by Gasteiger charge is -2.26. The standard InChI is InChI=1S/C15H25N3O2/c1-11-6-5-7-16-13(11)9-17-14(20)18-10-15(3,4)8-12(2)19/h5-7,12,19H,8-10H2,1-4H3,(H2,17,18,20). The molecular weight excluding hydrogens is 254 g/mol. The van der Waals surface area contributed by atoms with Gasteiger partial charge in [0.05, 0.1) is 18.3 Å². The molecule has 1 aromatic heterocycles. The Morgan fingerprint density at radius 1 is 1.45 bits per heavy atom. The molecule has 0 aromatic carbocycles. The molecular formula is C15H25N3O2. The SMILES string of the molecule is Cc1cccnc1CNC(=O)NCC(C)(C)CC(C)O. The summed E-state index contributed by atoms with van der Waals surface area (Å²) in [4.78, 5) is 16.0. The van der Waals surface area contributed by atoms with Crippen LogP contribution in [0.1, 0.15) is 38.4 Å². The molecule has 0 saturated heterocycles. The minimum Gasteiger partial charge on any atom is -0.393 e. The second-order valence-electron chi connectivity index (χ2n) is 6.02. The van der Waals surface area contributed by atoms with E-state index in [1.54, 1.807) is 13.1 Å². The van der Waals surface area contributed by atoms with Crippen LogP contribution < -0.4 is 10.6 Å². The fourth-order valence-electron chi connectivity index (χ4n) is 2.12. The number of aliphatic hydroxyl groups is 1. The van der Waals surface area contributed by atoms with Crippen LogP contribution in [-0.4, -0.2) is 28.8 Å². The van der Waals surface area contributed by atoms with Crippen molar-refractivity contribution < 1.29 is 9.90 Å². The highest BCUT2D eigenvalue weighted by Gasteiger charge is 2.20. The summed E-state index contributed by atoms with van der Waals surface area (Å²) in [5, 5.41) is 15.0. The Bertz CT molecular complexity index is 444. The molecule has 0 fully saturated rings. The highest BCUT2D eigenvalue weighted by molar-refractivity contribution is 5.73. The summed E-state index contributed by atoms with van der Waals surface area (Å²) in [5.74, 6) is 0. The zero-order valence-electron chi connectivity index (χ0n) is 12.7. The van der Waals surface area contributed by atoms with Gasteiger partial charge >= 0.3 is 6.03 Å². The van der Waals surface area contributed by atoms with Crippen molar-refractivity contribution in [2.45, 2.75) is 46.8 Å². The molecule has 3 N–H and O–H groups in total. The summed E-state index contributed by atoms with van der Waals surface area (Å²) in [7, 11) is 0. The summed E-state index contributed by atoms with van der Waals surface area (Å²) < 4.78 is 0. The van der Waals surface area contributed by atoms with Gasteiger partial charge in [-0.25, -0.2) is 4.79 Å². The molecule has 1 aromatic rings. The average molecular weight is 279 g/mol. The Kier molecular flexibility index (Phi) is 5.95. The molecule has 0 radical (unpaired) electrons. The lowest BCUT2D eigenvalue weighted by molar-refractivity contribution is 0.129. The van der Waals surface area contributed by atoms with E-state index < -0.39 is 0 Å². The molecule has 1 heterocycles. The minimum atomic E-state index is -0.369. The predicted molar refractivity (Wildman–Crippen MR) is 79.3 cm³/mol. The maximum Gasteiger partial charge on any atom is 0.315 e. The van der Waals surface area contributed by atoms with Crippen LogP contribution in [-0.2, 0) is 6.54 Å². The van der Waals surface area contributed by atoms with Crippen LogP contribution >= 0.6 is 0 Å². The first-order valence-electron chi connectivity index (χ1n) is 6.90. The van der Waals surface area contributed by atoms with E-state index >= 15 is 0 Å². The third-order valence-corrected chi connectivity index (χ3v) is 3.11. The van der Waals surface area contributed by atoms with Crippen molar-refractivity contribution in [3.63, 3.8) is 0 Å². The number of carbonyl (C=O) groups is 1. The van der Waals surface area contributed by atoms with Gasteiger partial charge in [0.1, 0.15) is 0 Å².